The third-order valence-corrected chi connectivity index (χ3v) is 5.98. The lowest BCUT2D eigenvalue weighted by molar-refractivity contribution is -0.109. The molecule has 4 rings (SSSR count). The van der Waals surface area contributed by atoms with Crippen molar-refractivity contribution >= 4 is 29.3 Å². The van der Waals surface area contributed by atoms with Gasteiger partial charge in [-0.2, -0.15) is 0 Å². The SMILES string of the molecule is O=CNCCn1c(-c2ccc(C(=O)N3CCOCC3)cc2)csc1=Nc1cccc(F)c1. The van der Waals surface area contributed by atoms with Crippen LogP contribution in [0.3, 0.4) is 0 Å². The minimum Gasteiger partial charge on any atom is -0.378 e. The zero-order chi connectivity index (χ0) is 22.3. The number of hydrogen-bond donors (Lipinski definition) is 1. The molecule has 1 N–H and O–H groups in total. The fourth-order valence-electron chi connectivity index (χ4n) is 3.49. The Balaban J connectivity index is 1.64. The first-order chi connectivity index (χ1) is 15.7. The quantitative estimate of drug-likeness (QED) is 0.441. The maximum Gasteiger partial charge on any atom is 0.254 e. The number of aromatic nitrogens is 1. The number of carbonyl (C=O) groups excluding carboxylic acids is 2. The predicted octanol–water partition coefficient (Wildman–Crippen LogP) is 2.81. The smallest absolute Gasteiger partial charge is 0.254 e. The molecule has 7 nitrogen and oxygen atoms in total. The topological polar surface area (TPSA) is 75.9 Å². The third-order valence-electron chi connectivity index (χ3n) is 5.12. The molecule has 166 valence electrons. The Hall–Kier alpha value is -3.30. The van der Waals surface area contributed by atoms with Gasteiger partial charge in [0, 0.05) is 37.1 Å². The van der Waals surface area contributed by atoms with E-state index < -0.39 is 0 Å². The molecule has 0 spiro atoms. The molecule has 1 saturated heterocycles. The van der Waals surface area contributed by atoms with Crippen molar-refractivity contribution in [1.29, 1.82) is 0 Å². The number of halogens is 1. The number of carbonyl (C=O) groups is 2. The number of morpholine rings is 1. The van der Waals surface area contributed by atoms with Gasteiger partial charge in [-0.25, -0.2) is 9.38 Å². The van der Waals surface area contributed by atoms with Crippen LogP contribution in [-0.4, -0.2) is 54.6 Å². The Kier molecular flexibility index (Phi) is 7.08. The number of ether oxygens (including phenoxy) is 1. The van der Waals surface area contributed by atoms with Crippen LogP contribution < -0.4 is 10.1 Å². The van der Waals surface area contributed by atoms with Gasteiger partial charge in [0.05, 0.1) is 24.6 Å². The highest BCUT2D eigenvalue weighted by Gasteiger charge is 2.18. The highest BCUT2D eigenvalue weighted by molar-refractivity contribution is 7.07. The summed E-state index contributed by atoms with van der Waals surface area (Å²) in [7, 11) is 0. The molecular formula is C23H23FN4O3S. The summed E-state index contributed by atoms with van der Waals surface area (Å²) in [6.45, 7) is 3.24. The van der Waals surface area contributed by atoms with E-state index in [0.717, 1.165) is 11.3 Å². The molecular weight excluding hydrogens is 431 g/mol. The average Bonchev–Trinajstić information content (AvgIpc) is 3.21. The number of benzene rings is 2. The molecule has 2 amide bonds. The summed E-state index contributed by atoms with van der Waals surface area (Å²) in [5.41, 5.74) is 2.97. The summed E-state index contributed by atoms with van der Waals surface area (Å²) < 4.78 is 20.9. The van der Waals surface area contributed by atoms with Gasteiger partial charge >= 0.3 is 0 Å². The molecule has 0 bridgehead atoms. The zero-order valence-electron chi connectivity index (χ0n) is 17.4. The van der Waals surface area contributed by atoms with Crippen molar-refractivity contribution in [3.8, 4) is 11.3 Å². The molecule has 1 aliphatic rings. The molecule has 0 aliphatic carbocycles. The van der Waals surface area contributed by atoms with Crippen LogP contribution in [0.25, 0.3) is 11.3 Å². The second kappa shape index (κ2) is 10.3. The minimum absolute atomic E-state index is 0.00461. The van der Waals surface area contributed by atoms with Gasteiger partial charge in [0.25, 0.3) is 5.91 Å². The van der Waals surface area contributed by atoms with Crippen LogP contribution in [0.15, 0.2) is 58.9 Å². The Morgan fingerprint density at radius 1 is 1.19 bits per heavy atom. The molecule has 1 aromatic heterocycles. The van der Waals surface area contributed by atoms with Crippen molar-refractivity contribution < 1.29 is 18.7 Å². The van der Waals surface area contributed by atoms with Crippen LogP contribution in [0.4, 0.5) is 10.1 Å². The fourth-order valence-corrected chi connectivity index (χ4v) is 4.44. The van der Waals surface area contributed by atoms with Gasteiger partial charge < -0.3 is 19.5 Å². The fraction of sp³-hybridized carbons (Fsp3) is 0.261. The molecule has 2 heterocycles. The highest BCUT2D eigenvalue weighted by atomic mass is 32.1. The van der Waals surface area contributed by atoms with Crippen molar-refractivity contribution in [3.05, 3.63) is 70.1 Å². The minimum atomic E-state index is -0.349. The van der Waals surface area contributed by atoms with Crippen molar-refractivity contribution in [2.75, 3.05) is 32.8 Å². The van der Waals surface area contributed by atoms with Gasteiger partial charge in [-0.05, 0) is 35.9 Å². The second-order valence-electron chi connectivity index (χ2n) is 7.20. The van der Waals surface area contributed by atoms with E-state index in [1.165, 1.54) is 23.5 Å². The van der Waals surface area contributed by atoms with Gasteiger partial charge in [-0.15, -0.1) is 11.3 Å². The van der Waals surface area contributed by atoms with Crippen LogP contribution in [0.5, 0.6) is 0 Å². The first-order valence-electron chi connectivity index (χ1n) is 10.3. The molecule has 3 aromatic rings. The number of amides is 2. The van der Waals surface area contributed by atoms with E-state index in [9.17, 15) is 14.0 Å². The number of rotatable bonds is 7. The summed E-state index contributed by atoms with van der Waals surface area (Å²) >= 11 is 1.43. The number of thiazole rings is 1. The average molecular weight is 455 g/mol. The molecule has 2 aromatic carbocycles. The number of hydrogen-bond acceptors (Lipinski definition) is 5. The van der Waals surface area contributed by atoms with Crippen LogP contribution >= 0.6 is 11.3 Å². The molecule has 0 saturated carbocycles. The molecule has 32 heavy (non-hydrogen) atoms. The molecule has 1 aliphatic heterocycles. The molecule has 1 fully saturated rings. The Morgan fingerprint density at radius 2 is 1.97 bits per heavy atom. The first-order valence-corrected chi connectivity index (χ1v) is 11.2. The lowest BCUT2D eigenvalue weighted by atomic mass is 10.1. The van der Waals surface area contributed by atoms with Crippen LogP contribution in [-0.2, 0) is 16.1 Å². The third kappa shape index (κ3) is 5.12. The first kappa shape index (κ1) is 21.9. The van der Waals surface area contributed by atoms with E-state index in [4.69, 9.17) is 4.74 Å². The van der Waals surface area contributed by atoms with Crippen LogP contribution in [0.2, 0.25) is 0 Å². The summed E-state index contributed by atoms with van der Waals surface area (Å²) in [6.07, 6.45) is 0.655. The van der Waals surface area contributed by atoms with E-state index in [1.807, 2.05) is 34.2 Å². The summed E-state index contributed by atoms with van der Waals surface area (Å²) in [4.78, 5) is 30.5. The van der Waals surface area contributed by atoms with Crippen molar-refractivity contribution in [2.24, 2.45) is 4.99 Å². The van der Waals surface area contributed by atoms with Gasteiger partial charge in [-0.1, -0.05) is 18.2 Å². The monoisotopic (exact) mass is 454 g/mol. The Morgan fingerprint density at radius 3 is 2.69 bits per heavy atom. The Labute approximate surface area is 188 Å². The largest absolute Gasteiger partial charge is 0.378 e. The van der Waals surface area contributed by atoms with Crippen molar-refractivity contribution in [3.63, 3.8) is 0 Å². The van der Waals surface area contributed by atoms with E-state index in [0.29, 0.717) is 61.9 Å². The van der Waals surface area contributed by atoms with Gasteiger partial charge in [0.1, 0.15) is 5.82 Å². The maximum absolute atomic E-state index is 13.6. The molecule has 9 heteroatoms. The zero-order valence-corrected chi connectivity index (χ0v) is 18.2. The van der Waals surface area contributed by atoms with Gasteiger partial charge in [0.2, 0.25) is 6.41 Å². The van der Waals surface area contributed by atoms with Crippen LogP contribution in [0.1, 0.15) is 10.4 Å². The van der Waals surface area contributed by atoms with Gasteiger partial charge in [-0.3, -0.25) is 9.59 Å². The van der Waals surface area contributed by atoms with Crippen molar-refractivity contribution in [1.82, 2.24) is 14.8 Å². The molecule has 0 unspecified atom stereocenters. The second-order valence-corrected chi connectivity index (χ2v) is 8.04. The predicted molar refractivity (Wildman–Crippen MR) is 120 cm³/mol. The normalized spacial score (nSPS) is 14.4. The van der Waals surface area contributed by atoms with Crippen LogP contribution in [0, 0.1) is 5.82 Å². The van der Waals surface area contributed by atoms with E-state index in [2.05, 4.69) is 10.3 Å². The lowest BCUT2D eigenvalue weighted by Gasteiger charge is -2.26. The molecule has 0 radical (unpaired) electrons. The standard InChI is InChI=1S/C23H23FN4O3S/c24-19-2-1-3-20(14-19)26-23-28(9-8-25-16-29)21(15-32-23)17-4-6-18(7-5-17)22(30)27-10-12-31-13-11-27/h1-7,14-16H,8-13H2,(H,25,29). The Bertz CT molecular complexity index is 1150. The number of nitrogens with zero attached hydrogens (tertiary/aromatic N) is 3. The summed E-state index contributed by atoms with van der Waals surface area (Å²) in [5.74, 6) is -0.354. The lowest BCUT2D eigenvalue weighted by Crippen LogP contribution is -2.40. The maximum atomic E-state index is 13.6. The van der Waals surface area contributed by atoms with E-state index >= 15 is 0 Å². The van der Waals surface area contributed by atoms with E-state index in [-0.39, 0.29) is 11.7 Å². The molecule has 0 atom stereocenters. The summed E-state index contributed by atoms with van der Waals surface area (Å²) in [6, 6.07) is 13.6. The van der Waals surface area contributed by atoms with E-state index in [1.54, 1.807) is 17.0 Å². The number of nitrogens with one attached hydrogen (secondary N) is 1. The van der Waals surface area contributed by atoms with Crippen molar-refractivity contribution in [2.45, 2.75) is 6.54 Å². The van der Waals surface area contributed by atoms with Gasteiger partial charge in [0.15, 0.2) is 4.80 Å². The highest BCUT2D eigenvalue weighted by Crippen LogP contribution is 2.22. The summed E-state index contributed by atoms with van der Waals surface area (Å²) in [5, 5.41) is 4.64.